The fraction of sp³-hybridized carbons (Fsp3) is 0.288. The van der Waals surface area contributed by atoms with Gasteiger partial charge in [-0.25, -0.2) is 4.98 Å². The first-order valence-electron chi connectivity index (χ1n) is 25.4. The third kappa shape index (κ3) is 8.90. The zero-order valence-corrected chi connectivity index (χ0v) is 44.1. The van der Waals surface area contributed by atoms with Crippen molar-refractivity contribution in [3.05, 3.63) is 215 Å². The summed E-state index contributed by atoms with van der Waals surface area (Å²) in [5, 5.41) is 2.34. The van der Waals surface area contributed by atoms with Crippen molar-refractivity contribution in [2.45, 2.75) is 117 Å². The Morgan fingerprint density at radius 1 is 0.380 bits per heavy atom. The monoisotopic (exact) mass is 935 g/mol. The molecule has 0 unspecified atom stereocenters. The summed E-state index contributed by atoms with van der Waals surface area (Å²) in [6, 6.07) is 62.5. The van der Waals surface area contributed by atoms with Crippen LogP contribution in [0.5, 0.6) is 11.5 Å². The highest BCUT2D eigenvalue weighted by molar-refractivity contribution is 6.09. The molecule has 5 nitrogen and oxygen atoms in total. The van der Waals surface area contributed by atoms with Crippen LogP contribution in [0.3, 0.4) is 0 Å². The molecule has 10 rings (SSSR count). The number of rotatable bonds is 9. The predicted molar refractivity (Wildman–Crippen MR) is 300 cm³/mol. The molecule has 2 aromatic heterocycles. The predicted octanol–water partition coefficient (Wildman–Crippen LogP) is 17.8. The molecule has 0 fully saturated rings. The van der Waals surface area contributed by atoms with Crippen LogP contribution in [0.4, 0.5) is 22.7 Å². The molecule has 0 atom stereocenters. The Morgan fingerprint density at radius 3 is 1.55 bits per heavy atom. The first-order chi connectivity index (χ1) is 33.6. The Hall–Kier alpha value is -7.11. The minimum Gasteiger partial charge on any atom is -0.457 e. The highest BCUT2D eigenvalue weighted by Gasteiger charge is 2.34. The van der Waals surface area contributed by atoms with Crippen LogP contribution in [0, 0.1) is 0 Å². The second-order valence-electron chi connectivity index (χ2n) is 24.0. The lowest BCUT2D eigenvalue weighted by molar-refractivity contribution is 0.480. The molecule has 3 heterocycles. The maximum absolute atomic E-state index is 7.16. The molecular formula is C66H70N4O. The van der Waals surface area contributed by atoms with Crippen molar-refractivity contribution in [2.24, 2.45) is 0 Å². The van der Waals surface area contributed by atoms with Gasteiger partial charge in [0.15, 0.2) is 0 Å². The molecule has 0 N–H and O–H groups in total. The molecule has 1 aliphatic heterocycles. The molecule has 5 heteroatoms. The Balaban J connectivity index is 1.13. The van der Waals surface area contributed by atoms with Gasteiger partial charge in [-0.05, 0) is 122 Å². The normalized spacial score (nSPS) is 13.6. The fourth-order valence-corrected chi connectivity index (χ4v) is 10.3. The van der Waals surface area contributed by atoms with Crippen molar-refractivity contribution in [1.29, 1.82) is 0 Å². The van der Waals surface area contributed by atoms with Crippen LogP contribution >= 0.6 is 0 Å². The average Bonchev–Trinajstić information content (AvgIpc) is 3.89. The first-order valence-corrected chi connectivity index (χ1v) is 25.4. The Kier molecular flexibility index (Phi) is 11.6. The largest absolute Gasteiger partial charge is 0.457 e. The van der Waals surface area contributed by atoms with E-state index in [4.69, 9.17) is 9.72 Å². The lowest BCUT2D eigenvalue weighted by Crippen LogP contribution is -2.27. The lowest BCUT2D eigenvalue weighted by atomic mass is 9.75. The SMILES string of the molecule is CC(C)(C)c1cc(N2CN(c3cc(Oc4ccc5c6ccccc6n(-c6cc(C(C)(C)C)ccn6)c5c4)cc(C(C)(C)c4ccccc4)c3)c3ccc(C(C)(C)C)cc32)cc(C(C)(C)c2ccccc2)c1. The summed E-state index contributed by atoms with van der Waals surface area (Å²) in [5.74, 6) is 2.44. The summed E-state index contributed by atoms with van der Waals surface area (Å²) >= 11 is 0. The van der Waals surface area contributed by atoms with E-state index in [-0.39, 0.29) is 27.1 Å². The zero-order chi connectivity index (χ0) is 50.3. The van der Waals surface area contributed by atoms with Crippen molar-refractivity contribution >= 4 is 44.6 Å². The van der Waals surface area contributed by atoms with E-state index in [1.165, 1.54) is 61.4 Å². The number of fused-ring (bicyclic) bond motifs is 4. The van der Waals surface area contributed by atoms with Crippen LogP contribution in [-0.2, 0) is 27.1 Å². The highest BCUT2D eigenvalue weighted by atomic mass is 16.5. The van der Waals surface area contributed by atoms with E-state index < -0.39 is 0 Å². The van der Waals surface area contributed by atoms with E-state index in [0.29, 0.717) is 6.67 Å². The van der Waals surface area contributed by atoms with Gasteiger partial charge in [0, 0.05) is 51.3 Å². The van der Waals surface area contributed by atoms with Gasteiger partial charge < -0.3 is 14.5 Å². The van der Waals surface area contributed by atoms with Crippen molar-refractivity contribution in [1.82, 2.24) is 9.55 Å². The number of aromatic nitrogens is 2. The molecule has 0 radical (unpaired) electrons. The van der Waals surface area contributed by atoms with Crippen LogP contribution in [0.2, 0.25) is 0 Å². The van der Waals surface area contributed by atoms with E-state index in [9.17, 15) is 0 Å². The molecule has 71 heavy (non-hydrogen) atoms. The maximum atomic E-state index is 7.16. The molecule has 0 saturated carbocycles. The summed E-state index contributed by atoms with van der Waals surface area (Å²) in [7, 11) is 0. The van der Waals surface area contributed by atoms with Gasteiger partial charge in [0.25, 0.3) is 0 Å². The van der Waals surface area contributed by atoms with Crippen molar-refractivity contribution in [2.75, 3.05) is 16.5 Å². The Labute approximate surface area is 422 Å². The number of hydrogen-bond donors (Lipinski definition) is 0. The molecule has 7 aromatic carbocycles. The van der Waals surface area contributed by atoms with E-state index >= 15 is 0 Å². The van der Waals surface area contributed by atoms with Crippen LogP contribution in [0.25, 0.3) is 27.6 Å². The molecule has 0 saturated heterocycles. The quantitative estimate of drug-likeness (QED) is 0.144. The Bertz CT molecular complexity index is 3430. The summed E-state index contributed by atoms with van der Waals surface area (Å²) in [6.45, 7) is 30.6. The number of hydrogen-bond acceptors (Lipinski definition) is 4. The van der Waals surface area contributed by atoms with Crippen LogP contribution in [-0.4, -0.2) is 16.2 Å². The van der Waals surface area contributed by atoms with Crippen LogP contribution < -0.4 is 14.5 Å². The van der Waals surface area contributed by atoms with E-state index in [0.717, 1.165) is 39.4 Å². The topological polar surface area (TPSA) is 33.5 Å². The van der Waals surface area contributed by atoms with Gasteiger partial charge in [-0.15, -0.1) is 0 Å². The molecule has 0 amide bonds. The number of anilines is 4. The number of nitrogens with zero attached hydrogens (tertiary/aromatic N) is 4. The van der Waals surface area contributed by atoms with Crippen LogP contribution in [0.15, 0.2) is 176 Å². The summed E-state index contributed by atoms with van der Waals surface area (Å²) in [6.07, 6.45) is 1.94. The first kappa shape index (κ1) is 47.6. The van der Waals surface area contributed by atoms with Gasteiger partial charge in [0.05, 0.1) is 22.4 Å². The van der Waals surface area contributed by atoms with Crippen molar-refractivity contribution in [3.8, 4) is 17.3 Å². The molecule has 1 aliphatic rings. The summed E-state index contributed by atoms with van der Waals surface area (Å²) in [4.78, 5) is 9.98. The van der Waals surface area contributed by atoms with Gasteiger partial charge in [-0.1, -0.05) is 181 Å². The number of ether oxygens (including phenoxy) is 1. The molecular weight excluding hydrogens is 865 g/mol. The van der Waals surface area contributed by atoms with E-state index in [1.54, 1.807) is 0 Å². The van der Waals surface area contributed by atoms with Crippen LogP contribution in [0.1, 0.15) is 129 Å². The van der Waals surface area contributed by atoms with Gasteiger partial charge >= 0.3 is 0 Å². The maximum Gasteiger partial charge on any atom is 0.137 e. The Morgan fingerprint density at radius 2 is 0.915 bits per heavy atom. The third-order valence-electron chi connectivity index (χ3n) is 15.2. The lowest BCUT2D eigenvalue weighted by Gasteiger charge is -2.32. The zero-order valence-electron chi connectivity index (χ0n) is 44.1. The smallest absolute Gasteiger partial charge is 0.137 e. The fourth-order valence-electron chi connectivity index (χ4n) is 10.3. The molecule has 9 aromatic rings. The molecule has 0 bridgehead atoms. The van der Waals surface area contributed by atoms with E-state index in [1.807, 2.05) is 6.20 Å². The highest BCUT2D eigenvalue weighted by Crippen LogP contribution is 2.50. The van der Waals surface area contributed by atoms with Crippen molar-refractivity contribution in [3.63, 3.8) is 0 Å². The summed E-state index contributed by atoms with van der Waals surface area (Å²) < 4.78 is 9.45. The second kappa shape index (κ2) is 17.3. The minimum atomic E-state index is -0.340. The van der Waals surface area contributed by atoms with Gasteiger partial charge in [-0.3, -0.25) is 4.57 Å². The van der Waals surface area contributed by atoms with E-state index in [2.05, 4.69) is 274 Å². The molecule has 0 spiro atoms. The average molecular weight is 935 g/mol. The number of para-hydroxylation sites is 1. The van der Waals surface area contributed by atoms with Gasteiger partial charge in [-0.2, -0.15) is 0 Å². The second-order valence-corrected chi connectivity index (χ2v) is 24.0. The molecule has 360 valence electrons. The van der Waals surface area contributed by atoms with Crippen molar-refractivity contribution < 1.29 is 4.74 Å². The summed E-state index contributed by atoms with van der Waals surface area (Å²) in [5.41, 5.74) is 15.0. The molecule has 0 aliphatic carbocycles. The van der Waals surface area contributed by atoms with Gasteiger partial charge in [0.1, 0.15) is 24.0 Å². The third-order valence-corrected chi connectivity index (χ3v) is 15.2. The number of pyridine rings is 1. The van der Waals surface area contributed by atoms with Gasteiger partial charge in [0.2, 0.25) is 0 Å². The number of benzene rings is 7. The minimum absolute atomic E-state index is 0.0264. The standard InChI is InChI=1S/C66H70N4O/c1-62(2,3)46-28-31-58-60(39-46)69(51-35-48(64(7,8)9)34-49(36-51)65(10,11)44-22-16-14-17-23-44)43-68(58)52-37-50(66(12,13)45-24-18-15-19-25-45)38-54(41-52)71-53-29-30-56-55-26-20-21-27-57(55)70(59(56)42-53)61-40-47(32-33-67-61)63(4,5)6/h14-42H,43H2,1-13H3.